The molecule has 19 heavy (non-hydrogen) atoms. The number of benzene rings is 1. The van der Waals surface area contributed by atoms with Gasteiger partial charge in [0.25, 0.3) is 5.91 Å². The first kappa shape index (κ1) is 15.8. The standard InChI is InChI=1S/C12H14ClNO4S/c1-18-6-10(12(16)17)14-11(15)8-5-7(19-2)3-4-9(8)13/h3-5,10H,6H2,1-2H3,(H,14,15)(H,16,17). The highest BCUT2D eigenvalue weighted by molar-refractivity contribution is 7.98. The van der Waals surface area contributed by atoms with Crippen molar-refractivity contribution in [3.63, 3.8) is 0 Å². The Hall–Kier alpha value is -1.24. The zero-order valence-electron chi connectivity index (χ0n) is 10.5. The molecule has 0 aromatic heterocycles. The Morgan fingerprint density at radius 2 is 2.21 bits per heavy atom. The zero-order valence-corrected chi connectivity index (χ0v) is 12.0. The number of halogens is 1. The summed E-state index contributed by atoms with van der Waals surface area (Å²) in [7, 11) is 1.36. The minimum atomic E-state index is -1.16. The second kappa shape index (κ2) is 7.37. The lowest BCUT2D eigenvalue weighted by Crippen LogP contribution is -2.43. The number of carbonyl (C=O) groups is 2. The molecule has 0 aliphatic carbocycles. The highest BCUT2D eigenvalue weighted by Gasteiger charge is 2.21. The minimum absolute atomic E-state index is 0.110. The predicted octanol–water partition coefficient (Wildman–Crippen LogP) is 1.89. The number of nitrogens with one attached hydrogen (secondary N) is 1. The van der Waals surface area contributed by atoms with Crippen molar-refractivity contribution in [3.8, 4) is 0 Å². The molecule has 1 rings (SSSR count). The Bertz CT molecular complexity index is 481. The maximum atomic E-state index is 12.0. The molecule has 7 heteroatoms. The van der Waals surface area contributed by atoms with Crippen LogP contribution in [0.25, 0.3) is 0 Å². The van der Waals surface area contributed by atoms with Crippen molar-refractivity contribution in [1.29, 1.82) is 0 Å². The topological polar surface area (TPSA) is 75.6 Å². The fraction of sp³-hybridized carbons (Fsp3) is 0.333. The molecule has 0 bridgehead atoms. The Labute approximate surface area is 120 Å². The van der Waals surface area contributed by atoms with E-state index in [4.69, 9.17) is 21.4 Å². The van der Waals surface area contributed by atoms with E-state index in [1.165, 1.54) is 18.9 Å². The second-order valence-corrected chi connectivity index (χ2v) is 4.95. The largest absolute Gasteiger partial charge is 0.480 e. The van der Waals surface area contributed by atoms with E-state index >= 15 is 0 Å². The van der Waals surface area contributed by atoms with Crippen molar-refractivity contribution in [2.45, 2.75) is 10.9 Å². The van der Waals surface area contributed by atoms with Crippen LogP contribution in [0, 0.1) is 0 Å². The fourth-order valence-corrected chi connectivity index (χ4v) is 2.03. The molecular formula is C12H14ClNO4S. The molecule has 104 valence electrons. The predicted molar refractivity (Wildman–Crippen MR) is 74.0 cm³/mol. The van der Waals surface area contributed by atoms with Gasteiger partial charge in [-0.15, -0.1) is 11.8 Å². The molecule has 1 amide bonds. The van der Waals surface area contributed by atoms with Crippen LogP contribution in [0.5, 0.6) is 0 Å². The van der Waals surface area contributed by atoms with E-state index in [9.17, 15) is 9.59 Å². The van der Waals surface area contributed by atoms with E-state index < -0.39 is 17.9 Å². The molecule has 0 fully saturated rings. The third-order valence-electron chi connectivity index (χ3n) is 2.35. The summed E-state index contributed by atoms with van der Waals surface area (Å²) in [4.78, 5) is 23.8. The van der Waals surface area contributed by atoms with Gasteiger partial charge in [-0.2, -0.15) is 0 Å². The van der Waals surface area contributed by atoms with Gasteiger partial charge in [0.2, 0.25) is 0 Å². The summed E-state index contributed by atoms with van der Waals surface area (Å²) in [6.45, 7) is -0.110. The van der Waals surface area contributed by atoms with Crippen LogP contribution in [0.4, 0.5) is 0 Å². The first-order valence-electron chi connectivity index (χ1n) is 5.35. The van der Waals surface area contributed by atoms with Gasteiger partial charge in [0.1, 0.15) is 0 Å². The lowest BCUT2D eigenvalue weighted by Gasteiger charge is -2.14. The summed E-state index contributed by atoms with van der Waals surface area (Å²) in [6.07, 6.45) is 1.87. The van der Waals surface area contributed by atoms with Crippen LogP contribution in [0.1, 0.15) is 10.4 Å². The number of hydrogen-bond acceptors (Lipinski definition) is 4. The van der Waals surface area contributed by atoms with E-state index in [2.05, 4.69) is 5.32 Å². The summed E-state index contributed by atoms with van der Waals surface area (Å²) in [6, 6.07) is 3.90. The first-order chi connectivity index (χ1) is 8.99. The summed E-state index contributed by atoms with van der Waals surface area (Å²) in [5.41, 5.74) is 0.246. The van der Waals surface area contributed by atoms with Gasteiger partial charge in [-0.3, -0.25) is 4.79 Å². The number of carboxylic acids is 1. The molecule has 1 atom stereocenters. The molecule has 5 nitrogen and oxygen atoms in total. The molecule has 1 aromatic rings. The number of carboxylic acid groups (broad SMARTS) is 1. The lowest BCUT2D eigenvalue weighted by molar-refractivity contribution is -0.140. The van der Waals surface area contributed by atoms with Crippen LogP contribution < -0.4 is 5.32 Å². The van der Waals surface area contributed by atoms with Gasteiger partial charge in [-0.05, 0) is 24.5 Å². The monoisotopic (exact) mass is 303 g/mol. The van der Waals surface area contributed by atoms with Crippen LogP contribution >= 0.6 is 23.4 Å². The normalized spacial score (nSPS) is 11.9. The van der Waals surface area contributed by atoms with Crippen LogP contribution in [-0.4, -0.2) is 43.0 Å². The molecule has 0 spiro atoms. The number of amides is 1. The maximum absolute atomic E-state index is 12.0. The smallest absolute Gasteiger partial charge is 0.328 e. The molecule has 0 heterocycles. The van der Waals surface area contributed by atoms with Crippen molar-refractivity contribution in [2.24, 2.45) is 0 Å². The molecule has 1 aromatic carbocycles. The Morgan fingerprint density at radius 3 is 2.74 bits per heavy atom. The van der Waals surface area contributed by atoms with Crippen molar-refractivity contribution < 1.29 is 19.4 Å². The van der Waals surface area contributed by atoms with Crippen molar-refractivity contribution in [2.75, 3.05) is 20.0 Å². The Balaban J connectivity index is 2.90. The summed E-state index contributed by atoms with van der Waals surface area (Å²) >= 11 is 7.40. The average molecular weight is 304 g/mol. The first-order valence-corrected chi connectivity index (χ1v) is 6.96. The van der Waals surface area contributed by atoms with Crippen molar-refractivity contribution in [1.82, 2.24) is 5.32 Å². The quantitative estimate of drug-likeness (QED) is 0.785. The van der Waals surface area contributed by atoms with E-state index in [1.807, 2.05) is 6.26 Å². The molecule has 0 saturated carbocycles. The molecule has 2 N–H and O–H groups in total. The Morgan fingerprint density at radius 1 is 1.53 bits per heavy atom. The van der Waals surface area contributed by atoms with Crippen molar-refractivity contribution in [3.05, 3.63) is 28.8 Å². The van der Waals surface area contributed by atoms with E-state index in [1.54, 1.807) is 18.2 Å². The van der Waals surface area contributed by atoms with E-state index in [-0.39, 0.29) is 17.2 Å². The highest BCUT2D eigenvalue weighted by Crippen LogP contribution is 2.23. The minimum Gasteiger partial charge on any atom is -0.480 e. The van der Waals surface area contributed by atoms with Gasteiger partial charge in [0.05, 0.1) is 17.2 Å². The summed E-state index contributed by atoms with van der Waals surface area (Å²) in [5.74, 6) is -1.70. The molecule has 0 aliphatic rings. The Kier molecular flexibility index (Phi) is 6.14. The SMILES string of the molecule is COCC(NC(=O)c1cc(SC)ccc1Cl)C(=O)O. The van der Waals surface area contributed by atoms with Gasteiger partial charge in [-0.1, -0.05) is 11.6 Å². The van der Waals surface area contributed by atoms with Gasteiger partial charge in [0.15, 0.2) is 6.04 Å². The molecule has 0 aliphatic heterocycles. The molecule has 0 saturated heterocycles. The number of methoxy groups -OCH3 is 1. The number of thioether (sulfide) groups is 1. The average Bonchev–Trinajstić information content (AvgIpc) is 2.38. The molecular weight excluding hydrogens is 290 g/mol. The maximum Gasteiger partial charge on any atom is 0.328 e. The van der Waals surface area contributed by atoms with Crippen LogP contribution in [0.15, 0.2) is 23.1 Å². The lowest BCUT2D eigenvalue weighted by atomic mass is 10.2. The van der Waals surface area contributed by atoms with Crippen LogP contribution in [0.2, 0.25) is 5.02 Å². The van der Waals surface area contributed by atoms with Crippen molar-refractivity contribution >= 4 is 35.2 Å². The van der Waals surface area contributed by atoms with Gasteiger partial charge < -0.3 is 15.2 Å². The second-order valence-electron chi connectivity index (χ2n) is 3.67. The number of rotatable bonds is 6. The highest BCUT2D eigenvalue weighted by atomic mass is 35.5. The van der Waals surface area contributed by atoms with E-state index in [0.717, 1.165) is 4.90 Å². The number of carbonyl (C=O) groups excluding carboxylic acids is 1. The zero-order chi connectivity index (χ0) is 14.4. The van der Waals surface area contributed by atoms with Gasteiger partial charge in [0, 0.05) is 12.0 Å². The molecule has 1 unspecified atom stereocenters. The van der Waals surface area contributed by atoms with E-state index in [0.29, 0.717) is 0 Å². The number of ether oxygens (including phenoxy) is 1. The van der Waals surface area contributed by atoms with Crippen LogP contribution in [0.3, 0.4) is 0 Å². The van der Waals surface area contributed by atoms with Crippen LogP contribution in [-0.2, 0) is 9.53 Å². The summed E-state index contributed by atoms with van der Waals surface area (Å²) in [5, 5.41) is 11.6. The van der Waals surface area contributed by atoms with Gasteiger partial charge >= 0.3 is 5.97 Å². The third-order valence-corrected chi connectivity index (χ3v) is 3.41. The molecule has 0 radical (unpaired) electrons. The fourth-order valence-electron chi connectivity index (χ4n) is 1.38. The number of aliphatic carboxylic acids is 1. The van der Waals surface area contributed by atoms with Gasteiger partial charge in [-0.25, -0.2) is 4.79 Å². The number of hydrogen-bond donors (Lipinski definition) is 2. The third kappa shape index (κ3) is 4.41. The summed E-state index contributed by atoms with van der Waals surface area (Å²) < 4.78 is 4.74.